The molecular formula is C13H15F2N5O4S2. The molecule has 142 valence electrons. The molecule has 0 fully saturated rings. The molecule has 0 aliphatic carbocycles. The van der Waals surface area contributed by atoms with E-state index in [1.165, 1.54) is 18.2 Å². The van der Waals surface area contributed by atoms with Crippen LogP contribution in [0.25, 0.3) is 0 Å². The van der Waals surface area contributed by atoms with Gasteiger partial charge in [0.1, 0.15) is 5.71 Å². The summed E-state index contributed by atoms with van der Waals surface area (Å²) in [6.45, 7) is 0.0395. The molecule has 0 bridgehead atoms. The second kappa shape index (κ2) is 9.02. The maximum absolute atomic E-state index is 12.8. The van der Waals surface area contributed by atoms with Crippen molar-refractivity contribution in [3.8, 4) is 0 Å². The lowest BCUT2D eigenvalue weighted by Crippen LogP contribution is -2.32. The van der Waals surface area contributed by atoms with E-state index in [2.05, 4.69) is 24.8 Å². The number of alkyl halides is 2. The monoisotopic (exact) mass is 407 g/mol. The fourth-order valence-electron chi connectivity index (χ4n) is 1.98. The predicted molar refractivity (Wildman–Crippen MR) is 89.6 cm³/mol. The molecule has 0 atom stereocenters. The van der Waals surface area contributed by atoms with Crippen molar-refractivity contribution in [1.29, 1.82) is 0 Å². The molecule has 26 heavy (non-hydrogen) atoms. The third-order valence-electron chi connectivity index (χ3n) is 3.07. The van der Waals surface area contributed by atoms with E-state index in [1.54, 1.807) is 6.07 Å². The van der Waals surface area contributed by atoms with Gasteiger partial charge in [-0.1, -0.05) is 35.1 Å². The Bertz CT molecular complexity index is 873. The Labute approximate surface area is 151 Å². The minimum atomic E-state index is -3.80. The van der Waals surface area contributed by atoms with Crippen LogP contribution in [0.3, 0.4) is 0 Å². The standard InChI is InChI=1S/C13H15F2N5O4S2/c14-12(15)9-3-1-2-8(6-9)7-10(18-21)11-13(20-24-19-11)25-5-4-17-26(16,22)23/h1-3,6,12,17,21H,4-5,7H2,(H2,16,22,23). The highest BCUT2D eigenvalue weighted by Gasteiger charge is 2.19. The predicted octanol–water partition coefficient (Wildman–Crippen LogP) is 1.31. The van der Waals surface area contributed by atoms with E-state index in [0.29, 0.717) is 5.56 Å². The van der Waals surface area contributed by atoms with E-state index in [0.717, 1.165) is 11.8 Å². The third-order valence-corrected chi connectivity index (χ3v) is 4.63. The molecule has 0 radical (unpaired) electrons. The topological polar surface area (TPSA) is 144 Å². The van der Waals surface area contributed by atoms with Crippen molar-refractivity contribution < 1.29 is 27.0 Å². The van der Waals surface area contributed by atoms with E-state index in [-0.39, 0.29) is 40.7 Å². The lowest BCUT2D eigenvalue weighted by Gasteiger charge is -2.06. The first-order valence-electron chi connectivity index (χ1n) is 7.11. The second-order valence-corrected chi connectivity index (χ2v) is 7.44. The third kappa shape index (κ3) is 6.01. The number of hydrogen-bond donors (Lipinski definition) is 3. The summed E-state index contributed by atoms with van der Waals surface area (Å²) in [5, 5.41) is 24.8. The summed E-state index contributed by atoms with van der Waals surface area (Å²) >= 11 is 1.09. The van der Waals surface area contributed by atoms with Gasteiger partial charge in [0.25, 0.3) is 16.6 Å². The van der Waals surface area contributed by atoms with Crippen molar-refractivity contribution in [2.24, 2.45) is 10.3 Å². The summed E-state index contributed by atoms with van der Waals surface area (Å²) in [6, 6.07) is 5.67. The smallest absolute Gasteiger partial charge is 0.274 e. The molecule has 0 aliphatic rings. The largest absolute Gasteiger partial charge is 0.411 e. The first-order chi connectivity index (χ1) is 12.3. The Morgan fingerprint density at radius 1 is 1.42 bits per heavy atom. The minimum absolute atomic E-state index is 0.0221. The molecule has 2 rings (SSSR count). The molecule has 2 aromatic rings. The van der Waals surface area contributed by atoms with Crippen molar-refractivity contribution in [2.75, 3.05) is 12.3 Å². The number of oxime groups is 1. The second-order valence-electron chi connectivity index (χ2n) is 4.97. The van der Waals surface area contributed by atoms with Crippen LogP contribution in [-0.4, -0.2) is 41.9 Å². The number of aromatic nitrogens is 2. The van der Waals surface area contributed by atoms with E-state index >= 15 is 0 Å². The van der Waals surface area contributed by atoms with E-state index in [4.69, 9.17) is 5.14 Å². The molecule has 9 nitrogen and oxygen atoms in total. The van der Waals surface area contributed by atoms with Gasteiger partial charge >= 0.3 is 0 Å². The first kappa shape index (κ1) is 20.2. The van der Waals surface area contributed by atoms with Gasteiger partial charge in [-0.25, -0.2) is 23.3 Å². The van der Waals surface area contributed by atoms with Gasteiger partial charge in [-0.05, 0) is 21.9 Å². The summed E-state index contributed by atoms with van der Waals surface area (Å²) in [6.07, 6.45) is -2.59. The van der Waals surface area contributed by atoms with Crippen LogP contribution in [0.1, 0.15) is 23.2 Å². The molecule has 1 aromatic carbocycles. The Balaban J connectivity index is 2.07. The quantitative estimate of drug-likeness (QED) is 0.187. The molecule has 1 heterocycles. The summed E-state index contributed by atoms with van der Waals surface area (Å²) in [4.78, 5) is 0. The molecule has 0 unspecified atom stereocenters. The molecule has 4 N–H and O–H groups in total. The van der Waals surface area contributed by atoms with Gasteiger partial charge in [0.05, 0.1) is 0 Å². The zero-order valence-corrected chi connectivity index (χ0v) is 14.8. The Hall–Kier alpha value is -2.09. The highest BCUT2D eigenvalue weighted by molar-refractivity contribution is 7.99. The Kier molecular flexibility index (Phi) is 7.02. The molecule has 13 heteroatoms. The molecule has 0 amide bonds. The van der Waals surface area contributed by atoms with Gasteiger partial charge in [0, 0.05) is 24.3 Å². The van der Waals surface area contributed by atoms with E-state index < -0.39 is 16.6 Å². The first-order valence-corrected chi connectivity index (χ1v) is 9.64. The average molecular weight is 407 g/mol. The van der Waals surface area contributed by atoms with Crippen LogP contribution in [0.15, 0.2) is 39.1 Å². The van der Waals surface area contributed by atoms with Crippen molar-refractivity contribution in [2.45, 2.75) is 17.9 Å². The number of benzene rings is 1. The number of rotatable bonds is 9. The van der Waals surface area contributed by atoms with Crippen LogP contribution < -0.4 is 9.86 Å². The van der Waals surface area contributed by atoms with E-state index in [1.807, 2.05) is 0 Å². The van der Waals surface area contributed by atoms with Gasteiger partial charge in [0.15, 0.2) is 10.7 Å². The summed E-state index contributed by atoms with van der Waals surface area (Å²) in [7, 11) is -3.80. The highest BCUT2D eigenvalue weighted by Crippen LogP contribution is 2.23. The van der Waals surface area contributed by atoms with E-state index in [9.17, 15) is 22.4 Å². The zero-order valence-electron chi connectivity index (χ0n) is 13.2. The van der Waals surface area contributed by atoms with Gasteiger partial charge < -0.3 is 5.21 Å². The minimum Gasteiger partial charge on any atom is -0.411 e. The van der Waals surface area contributed by atoms with Gasteiger partial charge in [-0.3, -0.25) is 0 Å². The Morgan fingerprint density at radius 2 is 2.19 bits per heavy atom. The molecule has 0 saturated heterocycles. The maximum atomic E-state index is 12.8. The molecule has 0 aliphatic heterocycles. The van der Waals surface area contributed by atoms with Crippen molar-refractivity contribution in [3.05, 3.63) is 41.1 Å². The normalized spacial score (nSPS) is 12.7. The maximum Gasteiger partial charge on any atom is 0.274 e. The van der Waals surface area contributed by atoms with Gasteiger partial charge in [-0.15, -0.1) is 0 Å². The van der Waals surface area contributed by atoms with Crippen LogP contribution in [0.5, 0.6) is 0 Å². The summed E-state index contributed by atoms with van der Waals surface area (Å²) in [5.74, 6) is 0.261. The van der Waals surface area contributed by atoms with Crippen molar-refractivity contribution >= 4 is 27.7 Å². The molecule has 0 saturated carbocycles. The lowest BCUT2D eigenvalue weighted by molar-refractivity contribution is 0.151. The number of hydrogen-bond acceptors (Lipinski definition) is 8. The molecule has 1 aromatic heterocycles. The number of halogens is 2. The van der Waals surface area contributed by atoms with Crippen molar-refractivity contribution in [3.63, 3.8) is 0 Å². The molecular weight excluding hydrogens is 392 g/mol. The average Bonchev–Trinajstić information content (AvgIpc) is 3.04. The van der Waals surface area contributed by atoms with Crippen LogP contribution in [-0.2, 0) is 16.6 Å². The number of nitrogens with zero attached hydrogens (tertiary/aromatic N) is 3. The fourth-order valence-corrected chi connectivity index (χ4v) is 3.27. The van der Waals surface area contributed by atoms with Crippen molar-refractivity contribution in [1.82, 2.24) is 15.0 Å². The van der Waals surface area contributed by atoms with Crippen LogP contribution >= 0.6 is 11.8 Å². The van der Waals surface area contributed by atoms with Gasteiger partial charge in [0.2, 0.25) is 0 Å². The fraction of sp³-hybridized carbons (Fsp3) is 0.308. The highest BCUT2D eigenvalue weighted by atomic mass is 32.2. The zero-order chi connectivity index (χ0) is 19.2. The number of thioether (sulfide) groups is 1. The molecule has 0 spiro atoms. The lowest BCUT2D eigenvalue weighted by atomic mass is 10.0. The SMILES string of the molecule is NS(=O)(=O)NCCSc1nonc1C(Cc1cccc(C(F)F)c1)=NO. The number of nitrogens with two attached hydrogens (primary N) is 1. The van der Waals surface area contributed by atoms with Crippen LogP contribution in [0.4, 0.5) is 8.78 Å². The van der Waals surface area contributed by atoms with Crippen LogP contribution in [0.2, 0.25) is 0 Å². The van der Waals surface area contributed by atoms with Gasteiger partial charge in [-0.2, -0.15) is 8.42 Å². The Morgan fingerprint density at radius 3 is 2.85 bits per heavy atom. The summed E-state index contributed by atoms with van der Waals surface area (Å²) in [5.41, 5.74) is 0.544. The summed E-state index contributed by atoms with van der Waals surface area (Å²) < 4.78 is 53.9. The number of nitrogens with one attached hydrogen (secondary N) is 1. The van der Waals surface area contributed by atoms with Crippen LogP contribution in [0, 0.1) is 0 Å².